The number of anilines is 2. The van der Waals surface area contributed by atoms with Gasteiger partial charge in [0, 0.05) is 12.3 Å². The highest BCUT2D eigenvalue weighted by atomic mass is 16.5. The van der Waals surface area contributed by atoms with E-state index in [-0.39, 0.29) is 11.7 Å². The smallest absolute Gasteiger partial charge is 0.291 e. The Labute approximate surface area is 138 Å². The summed E-state index contributed by atoms with van der Waals surface area (Å²) in [5, 5.41) is 5.50. The highest BCUT2D eigenvalue weighted by Gasteiger charge is 2.23. The number of ether oxygens (including phenoxy) is 2. The Hall–Kier alpha value is -2.80. The molecule has 1 aliphatic rings. The summed E-state index contributed by atoms with van der Waals surface area (Å²) in [6.07, 6.45) is 2.59. The molecule has 1 fully saturated rings. The van der Waals surface area contributed by atoms with Crippen molar-refractivity contribution >= 4 is 23.2 Å². The quantitative estimate of drug-likeness (QED) is 0.879. The minimum Gasteiger partial charge on any atom is -0.495 e. The Morgan fingerprint density at radius 3 is 2.79 bits per heavy atom. The summed E-state index contributed by atoms with van der Waals surface area (Å²) in [6, 6.07) is 8.19. The summed E-state index contributed by atoms with van der Waals surface area (Å²) >= 11 is 0. The second kappa shape index (κ2) is 7.18. The van der Waals surface area contributed by atoms with E-state index >= 15 is 0 Å². The summed E-state index contributed by atoms with van der Waals surface area (Å²) in [7, 11) is 1.50. The van der Waals surface area contributed by atoms with Crippen molar-refractivity contribution in [2.24, 2.45) is 0 Å². The van der Waals surface area contributed by atoms with Crippen LogP contribution in [0.25, 0.3) is 0 Å². The predicted octanol–water partition coefficient (Wildman–Crippen LogP) is 2.66. The van der Waals surface area contributed by atoms with Crippen LogP contribution in [-0.2, 0) is 9.53 Å². The fraction of sp³-hybridized carbons (Fsp3) is 0.294. The number of carbonyl (C=O) groups excluding carboxylic acids is 2. The third-order valence-corrected chi connectivity index (χ3v) is 3.68. The van der Waals surface area contributed by atoms with Gasteiger partial charge in [0.2, 0.25) is 0 Å². The van der Waals surface area contributed by atoms with E-state index in [2.05, 4.69) is 10.6 Å². The van der Waals surface area contributed by atoms with Crippen LogP contribution < -0.4 is 15.4 Å². The summed E-state index contributed by atoms with van der Waals surface area (Å²) < 4.78 is 15.7. The van der Waals surface area contributed by atoms with Gasteiger partial charge in [-0.2, -0.15) is 0 Å². The van der Waals surface area contributed by atoms with Gasteiger partial charge in [-0.15, -0.1) is 0 Å². The fourth-order valence-electron chi connectivity index (χ4n) is 2.48. The molecule has 0 unspecified atom stereocenters. The zero-order chi connectivity index (χ0) is 16.9. The van der Waals surface area contributed by atoms with E-state index in [1.165, 1.54) is 13.4 Å². The van der Waals surface area contributed by atoms with Crippen molar-refractivity contribution in [2.75, 3.05) is 24.4 Å². The van der Waals surface area contributed by atoms with Gasteiger partial charge in [-0.3, -0.25) is 9.59 Å². The maximum Gasteiger partial charge on any atom is 0.291 e. The molecule has 2 N–H and O–H groups in total. The molecule has 126 valence electrons. The Morgan fingerprint density at radius 2 is 2.12 bits per heavy atom. The lowest BCUT2D eigenvalue weighted by Gasteiger charge is -2.14. The molecule has 1 saturated heterocycles. The molecule has 1 atom stereocenters. The number of hydrogen-bond acceptors (Lipinski definition) is 5. The molecule has 0 bridgehead atoms. The standard InChI is InChI=1S/C17H18N2O5/c1-22-13-7-6-11(18-16(20)14-4-2-8-23-14)10-12(13)19-17(21)15-5-3-9-24-15/h3,5-7,9-10,14H,2,4,8H2,1H3,(H,18,20)(H,19,21)/t14-/m0/s1. The molecule has 2 aromatic rings. The number of carbonyl (C=O) groups is 2. The molecule has 7 heteroatoms. The second-order valence-corrected chi connectivity index (χ2v) is 5.34. The first-order valence-electron chi connectivity index (χ1n) is 7.63. The van der Waals surface area contributed by atoms with Gasteiger partial charge < -0.3 is 24.5 Å². The zero-order valence-corrected chi connectivity index (χ0v) is 13.2. The first-order valence-corrected chi connectivity index (χ1v) is 7.63. The van der Waals surface area contributed by atoms with Crippen LogP contribution >= 0.6 is 0 Å². The van der Waals surface area contributed by atoms with Crippen LogP contribution in [0.2, 0.25) is 0 Å². The SMILES string of the molecule is COc1ccc(NC(=O)[C@@H]2CCCO2)cc1NC(=O)c1ccco1. The lowest BCUT2D eigenvalue weighted by atomic mass is 10.2. The number of hydrogen-bond donors (Lipinski definition) is 2. The van der Waals surface area contributed by atoms with Crippen LogP contribution in [-0.4, -0.2) is 31.6 Å². The fourth-order valence-corrected chi connectivity index (χ4v) is 2.48. The second-order valence-electron chi connectivity index (χ2n) is 5.34. The molecular weight excluding hydrogens is 312 g/mol. The molecule has 7 nitrogen and oxygen atoms in total. The summed E-state index contributed by atoms with van der Waals surface area (Å²) in [4.78, 5) is 24.2. The monoisotopic (exact) mass is 330 g/mol. The average molecular weight is 330 g/mol. The predicted molar refractivity (Wildman–Crippen MR) is 87.3 cm³/mol. The van der Waals surface area contributed by atoms with Crippen molar-refractivity contribution in [1.29, 1.82) is 0 Å². The van der Waals surface area contributed by atoms with Crippen molar-refractivity contribution in [1.82, 2.24) is 0 Å². The lowest BCUT2D eigenvalue weighted by molar-refractivity contribution is -0.124. The van der Waals surface area contributed by atoms with Crippen molar-refractivity contribution in [3.8, 4) is 5.75 Å². The van der Waals surface area contributed by atoms with E-state index in [9.17, 15) is 9.59 Å². The average Bonchev–Trinajstić information content (AvgIpc) is 3.28. The van der Waals surface area contributed by atoms with Crippen LogP contribution in [0, 0.1) is 0 Å². The van der Waals surface area contributed by atoms with Gasteiger partial charge in [-0.1, -0.05) is 0 Å². The molecule has 1 aromatic heterocycles. The third kappa shape index (κ3) is 3.57. The summed E-state index contributed by atoms with van der Waals surface area (Å²) in [5.41, 5.74) is 0.982. The van der Waals surface area contributed by atoms with Gasteiger partial charge in [-0.05, 0) is 43.2 Å². The molecular formula is C17H18N2O5. The van der Waals surface area contributed by atoms with E-state index in [1.54, 1.807) is 30.3 Å². The molecule has 24 heavy (non-hydrogen) atoms. The number of furan rings is 1. The Bertz CT molecular complexity index is 721. The number of rotatable bonds is 5. The molecule has 1 aromatic carbocycles. The van der Waals surface area contributed by atoms with Crippen LogP contribution in [0.1, 0.15) is 23.4 Å². The van der Waals surface area contributed by atoms with Crippen LogP contribution in [0.4, 0.5) is 11.4 Å². The Balaban J connectivity index is 1.75. The summed E-state index contributed by atoms with van der Waals surface area (Å²) in [5.74, 6) is 0.0674. The lowest BCUT2D eigenvalue weighted by Crippen LogP contribution is -2.26. The molecule has 0 saturated carbocycles. The number of amides is 2. The topological polar surface area (TPSA) is 89.8 Å². The minimum atomic E-state index is -0.423. The highest BCUT2D eigenvalue weighted by molar-refractivity contribution is 6.04. The summed E-state index contributed by atoms with van der Waals surface area (Å²) in [6.45, 7) is 0.602. The zero-order valence-electron chi connectivity index (χ0n) is 13.2. The first kappa shape index (κ1) is 16.1. The molecule has 1 aliphatic heterocycles. The molecule has 2 amide bonds. The van der Waals surface area contributed by atoms with E-state index in [1.807, 2.05) is 0 Å². The maximum absolute atomic E-state index is 12.1. The third-order valence-electron chi connectivity index (χ3n) is 3.68. The minimum absolute atomic E-state index is 0.186. The van der Waals surface area contributed by atoms with Gasteiger partial charge in [0.1, 0.15) is 11.9 Å². The Kier molecular flexibility index (Phi) is 4.81. The number of benzene rings is 1. The molecule has 3 rings (SSSR count). The van der Waals surface area contributed by atoms with Gasteiger partial charge >= 0.3 is 0 Å². The van der Waals surface area contributed by atoms with Crippen LogP contribution in [0.3, 0.4) is 0 Å². The van der Waals surface area contributed by atoms with Gasteiger partial charge in [0.25, 0.3) is 11.8 Å². The maximum atomic E-state index is 12.1. The van der Waals surface area contributed by atoms with Gasteiger partial charge in [0.15, 0.2) is 5.76 Å². The Morgan fingerprint density at radius 1 is 1.25 bits per heavy atom. The molecule has 0 radical (unpaired) electrons. The first-order chi connectivity index (χ1) is 11.7. The normalized spacial score (nSPS) is 16.6. The van der Waals surface area contributed by atoms with E-state index in [0.29, 0.717) is 30.2 Å². The number of methoxy groups -OCH3 is 1. The van der Waals surface area contributed by atoms with E-state index in [0.717, 1.165) is 6.42 Å². The van der Waals surface area contributed by atoms with Crippen molar-refractivity contribution in [3.63, 3.8) is 0 Å². The molecule has 2 heterocycles. The van der Waals surface area contributed by atoms with Crippen molar-refractivity contribution in [3.05, 3.63) is 42.4 Å². The van der Waals surface area contributed by atoms with Crippen molar-refractivity contribution < 1.29 is 23.5 Å². The van der Waals surface area contributed by atoms with Crippen molar-refractivity contribution in [2.45, 2.75) is 18.9 Å². The van der Waals surface area contributed by atoms with Gasteiger partial charge in [0.05, 0.1) is 19.1 Å². The van der Waals surface area contributed by atoms with E-state index in [4.69, 9.17) is 13.9 Å². The highest BCUT2D eigenvalue weighted by Crippen LogP contribution is 2.29. The molecule has 0 spiro atoms. The van der Waals surface area contributed by atoms with Crippen LogP contribution in [0.5, 0.6) is 5.75 Å². The largest absolute Gasteiger partial charge is 0.495 e. The van der Waals surface area contributed by atoms with Crippen LogP contribution in [0.15, 0.2) is 41.0 Å². The number of nitrogens with one attached hydrogen (secondary N) is 2. The van der Waals surface area contributed by atoms with E-state index < -0.39 is 12.0 Å². The molecule has 0 aliphatic carbocycles. The van der Waals surface area contributed by atoms with Gasteiger partial charge in [-0.25, -0.2) is 0 Å².